The number of hydrogen-bond donors (Lipinski definition) is 2. The molecule has 0 aliphatic carbocycles. The van der Waals surface area contributed by atoms with Gasteiger partial charge in [0, 0.05) is 19.0 Å². The van der Waals surface area contributed by atoms with Gasteiger partial charge in [-0.25, -0.2) is 0 Å². The third-order valence-corrected chi connectivity index (χ3v) is 3.67. The number of halogens is 1. The number of para-hydroxylation sites is 1. The molecule has 5 heteroatoms. The molecule has 1 unspecified atom stereocenters. The van der Waals surface area contributed by atoms with Crippen LogP contribution in [0.2, 0.25) is 0 Å². The molecule has 0 saturated carbocycles. The molecule has 0 saturated heterocycles. The number of amides is 1. The van der Waals surface area contributed by atoms with Crippen LogP contribution in [0.3, 0.4) is 0 Å². The van der Waals surface area contributed by atoms with Gasteiger partial charge in [0.15, 0.2) is 6.61 Å². The smallest absolute Gasteiger partial charge is 0.257 e. The predicted octanol–water partition coefficient (Wildman–Crippen LogP) is 2.80. The summed E-state index contributed by atoms with van der Waals surface area (Å²) in [7, 11) is 1.87. The van der Waals surface area contributed by atoms with Crippen LogP contribution in [-0.2, 0) is 11.2 Å². The molecule has 4 nitrogen and oxygen atoms in total. The van der Waals surface area contributed by atoms with Crippen LogP contribution in [0.25, 0.3) is 0 Å². The number of likely N-dealkylation sites (N-methyl/N-ethyl adjacent to an activating group) is 1. The first-order valence-electron chi connectivity index (χ1n) is 7.87. The number of ether oxygens (including phenoxy) is 1. The molecule has 0 radical (unpaired) electrons. The molecule has 130 valence electrons. The van der Waals surface area contributed by atoms with Crippen LogP contribution in [0.4, 0.5) is 0 Å². The highest BCUT2D eigenvalue weighted by atomic mass is 35.5. The third kappa shape index (κ3) is 6.60. The van der Waals surface area contributed by atoms with Crippen LogP contribution in [0.1, 0.15) is 18.1 Å². The Morgan fingerprint density at radius 2 is 1.75 bits per heavy atom. The lowest BCUT2D eigenvalue weighted by molar-refractivity contribution is -0.123. The van der Waals surface area contributed by atoms with Gasteiger partial charge in [-0.1, -0.05) is 48.5 Å². The molecular formula is C19H25ClN2O2. The van der Waals surface area contributed by atoms with E-state index in [9.17, 15) is 4.79 Å². The molecule has 0 heterocycles. The van der Waals surface area contributed by atoms with Crippen molar-refractivity contribution in [3.8, 4) is 5.75 Å². The molecule has 0 bridgehead atoms. The SMILES string of the molecule is CNC(C)CNC(=O)COc1ccccc1Cc1ccccc1.Cl. The monoisotopic (exact) mass is 348 g/mol. The second kappa shape index (κ2) is 10.7. The van der Waals surface area contributed by atoms with Crippen molar-refractivity contribution in [2.24, 2.45) is 0 Å². The highest BCUT2D eigenvalue weighted by molar-refractivity contribution is 5.85. The Hall–Kier alpha value is -2.04. The van der Waals surface area contributed by atoms with Crippen LogP contribution in [0.5, 0.6) is 5.75 Å². The first-order valence-corrected chi connectivity index (χ1v) is 7.87. The second-order valence-corrected chi connectivity index (χ2v) is 5.55. The summed E-state index contributed by atoms with van der Waals surface area (Å²) >= 11 is 0. The summed E-state index contributed by atoms with van der Waals surface area (Å²) in [5, 5.41) is 5.92. The van der Waals surface area contributed by atoms with Crippen molar-refractivity contribution in [2.45, 2.75) is 19.4 Å². The molecule has 1 amide bonds. The van der Waals surface area contributed by atoms with Gasteiger partial charge in [-0.05, 0) is 31.2 Å². The molecule has 0 spiro atoms. The average Bonchev–Trinajstić information content (AvgIpc) is 2.59. The molecule has 1 atom stereocenters. The van der Waals surface area contributed by atoms with Gasteiger partial charge < -0.3 is 15.4 Å². The molecule has 0 aromatic heterocycles. The maximum Gasteiger partial charge on any atom is 0.257 e. The van der Waals surface area contributed by atoms with Gasteiger partial charge in [0.1, 0.15) is 5.75 Å². The highest BCUT2D eigenvalue weighted by Crippen LogP contribution is 2.21. The van der Waals surface area contributed by atoms with Gasteiger partial charge in [-0.2, -0.15) is 0 Å². The minimum Gasteiger partial charge on any atom is -0.483 e. The van der Waals surface area contributed by atoms with Crippen molar-refractivity contribution in [3.63, 3.8) is 0 Å². The molecule has 2 aromatic rings. The summed E-state index contributed by atoms with van der Waals surface area (Å²) in [5.74, 6) is 0.648. The lowest BCUT2D eigenvalue weighted by atomic mass is 10.0. The summed E-state index contributed by atoms with van der Waals surface area (Å²) in [6.07, 6.45) is 0.787. The van der Waals surface area contributed by atoms with E-state index in [1.54, 1.807) is 0 Å². The van der Waals surface area contributed by atoms with Crippen molar-refractivity contribution in [3.05, 3.63) is 65.7 Å². The molecule has 0 aliphatic rings. The lowest BCUT2D eigenvalue weighted by Gasteiger charge is -2.13. The summed E-state index contributed by atoms with van der Waals surface area (Å²) in [5.41, 5.74) is 2.30. The Labute approximate surface area is 150 Å². The standard InChI is InChI=1S/C19H24N2O2.ClH/c1-15(20-2)13-21-19(22)14-23-18-11-7-6-10-17(18)12-16-8-4-3-5-9-16;/h3-11,15,20H,12-14H2,1-2H3,(H,21,22);1H. The Balaban J connectivity index is 0.00000288. The Morgan fingerprint density at radius 1 is 1.08 bits per heavy atom. The zero-order valence-corrected chi connectivity index (χ0v) is 14.9. The van der Waals surface area contributed by atoms with Gasteiger partial charge >= 0.3 is 0 Å². The Morgan fingerprint density at radius 3 is 2.46 bits per heavy atom. The molecular weight excluding hydrogens is 324 g/mol. The van der Waals surface area contributed by atoms with E-state index in [1.165, 1.54) is 5.56 Å². The lowest BCUT2D eigenvalue weighted by Crippen LogP contribution is -2.39. The van der Waals surface area contributed by atoms with Crippen molar-refractivity contribution in [2.75, 3.05) is 20.2 Å². The van der Waals surface area contributed by atoms with Gasteiger partial charge in [0.2, 0.25) is 0 Å². The average molecular weight is 349 g/mol. The van der Waals surface area contributed by atoms with Crippen molar-refractivity contribution >= 4 is 18.3 Å². The molecule has 2 rings (SSSR count). The van der Waals surface area contributed by atoms with Gasteiger partial charge in [-0.15, -0.1) is 12.4 Å². The summed E-state index contributed by atoms with van der Waals surface area (Å²) < 4.78 is 5.70. The quantitative estimate of drug-likeness (QED) is 0.771. The molecule has 24 heavy (non-hydrogen) atoms. The summed E-state index contributed by atoms with van der Waals surface area (Å²) in [6.45, 7) is 2.63. The fourth-order valence-electron chi connectivity index (χ4n) is 2.17. The summed E-state index contributed by atoms with van der Waals surface area (Å²) in [4.78, 5) is 11.8. The number of nitrogens with one attached hydrogen (secondary N) is 2. The van der Waals surface area contributed by atoms with E-state index in [0.29, 0.717) is 6.54 Å². The van der Waals surface area contributed by atoms with E-state index < -0.39 is 0 Å². The first-order chi connectivity index (χ1) is 11.2. The Bertz CT molecular complexity index is 620. The fourth-order valence-corrected chi connectivity index (χ4v) is 2.17. The van der Waals surface area contributed by atoms with Crippen LogP contribution in [-0.4, -0.2) is 32.1 Å². The first kappa shape index (κ1) is 20.0. The zero-order chi connectivity index (χ0) is 16.5. The zero-order valence-electron chi connectivity index (χ0n) is 14.1. The number of hydrogen-bond acceptors (Lipinski definition) is 3. The molecule has 2 aromatic carbocycles. The third-order valence-electron chi connectivity index (χ3n) is 3.67. The van der Waals surface area contributed by atoms with E-state index in [4.69, 9.17) is 4.74 Å². The predicted molar refractivity (Wildman–Crippen MR) is 100.0 cm³/mol. The van der Waals surface area contributed by atoms with Crippen molar-refractivity contribution in [1.29, 1.82) is 0 Å². The fraction of sp³-hybridized carbons (Fsp3) is 0.316. The van der Waals surface area contributed by atoms with E-state index in [-0.39, 0.29) is 31.0 Å². The van der Waals surface area contributed by atoms with Crippen molar-refractivity contribution < 1.29 is 9.53 Å². The number of benzene rings is 2. The van der Waals surface area contributed by atoms with E-state index in [0.717, 1.165) is 17.7 Å². The topological polar surface area (TPSA) is 50.4 Å². The minimum atomic E-state index is -0.110. The minimum absolute atomic E-state index is 0. The maximum absolute atomic E-state index is 11.8. The van der Waals surface area contributed by atoms with Gasteiger partial charge in [0.25, 0.3) is 5.91 Å². The summed E-state index contributed by atoms with van der Waals surface area (Å²) in [6, 6.07) is 18.3. The van der Waals surface area contributed by atoms with Crippen LogP contribution >= 0.6 is 12.4 Å². The largest absolute Gasteiger partial charge is 0.483 e. The normalized spacial score (nSPS) is 11.2. The Kier molecular flexibility index (Phi) is 8.90. The van der Waals surface area contributed by atoms with Crippen LogP contribution < -0.4 is 15.4 Å². The van der Waals surface area contributed by atoms with Crippen molar-refractivity contribution in [1.82, 2.24) is 10.6 Å². The molecule has 0 aliphatic heterocycles. The maximum atomic E-state index is 11.8. The molecule has 2 N–H and O–H groups in total. The molecule has 0 fully saturated rings. The second-order valence-electron chi connectivity index (χ2n) is 5.55. The van der Waals surface area contributed by atoms with E-state index in [1.807, 2.05) is 56.4 Å². The van der Waals surface area contributed by atoms with E-state index >= 15 is 0 Å². The van der Waals surface area contributed by atoms with Gasteiger partial charge in [0.05, 0.1) is 0 Å². The van der Waals surface area contributed by atoms with Crippen LogP contribution in [0.15, 0.2) is 54.6 Å². The van der Waals surface area contributed by atoms with Gasteiger partial charge in [-0.3, -0.25) is 4.79 Å². The van der Waals surface area contributed by atoms with E-state index in [2.05, 4.69) is 22.8 Å². The number of carbonyl (C=O) groups is 1. The highest BCUT2D eigenvalue weighted by Gasteiger charge is 2.08. The van der Waals surface area contributed by atoms with Crippen LogP contribution in [0, 0.1) is 0 Å². The number of rotatable bonds is 8. The number of carbonyl (C=O) groups excluding carboxylic acids is 1.